The van der Waals surface area contributed by atoms with E-state index in [9.17, 15) is 0 Å². The molecular formula is C52H60N4OPt. The third-order valence-electron chi connectivity index (χ3n) is 13.5. The molecule has 0 radical (unpaired) electrons. The van der Waals surface area contributed by atoms with Crippen LogP contribution in [0.15, 0.2) is 103 Å². The number of rotatable bonds is 5. The van der Waals surface area contributed by atoms with Crippen LogP contribution in [0.5, 0.6) is 11.5 Å². The number of benzene rings is 4. The molecule has 0 saturated heterocycles. The van der Waals surface area contributed by atoms with Gasteiger partial charge in [0.2, 0.25) is 0 Å². The Hall–Kier alpha value is -4.21. The Balaban J connectivity index is 1.13. The van der Waals surface area contributed by atoms with Gasteiger partial charge in [-0.15, -0.1) is 0 Å². The normalized spacial score (nSPS) is 19.2. The van der Waals surface area contributed by atoms with Crippen LogP contribution < -0.4 is 9.64 Å². The van der Waals surface area contributed by atoms with Crippen LogP contribution in [0, 0.1) is 9.72 Å². The second kappa shape index (κ2) is 14.2. The second-order valence-electron chi connectivity index (χ2n) is 20.4. The number of fused-ring (bicyclic) bond motifs is 5. The van der Waals surface area contributed by atoms with Gasteiger partial charge in [0.05, 0.1) is 0 Å². The van der Waals surface area contributed by atoms with Crippen LogP contribution >= 0.6 is 0 Å². The first-order valence-electron chi connectivity index (χ1n) is 21.6. The molecule has 1 aliphatic heterocycles. The predicted octanol–water partition coefficient (Wildman–Crippen LogP) is 13.9. The first kappa shape index (κ1) is 39.3. The number of ether oxygens (including phenoxy) is 1. The number of imidazole rings is 1. The minimum atomic E-state index is 0.0173. The molecule has 0 bridgehead atoms. The van der Waals surface area contributed by atoms with Crippen molar-refractivity contribution >= 4 is 22.5 Å². The van der Waals surface area contributed by atoms with Gasteiger partial charge in [0.15, 0.2) is 0 Å². The molecule has 0 N–H and O–H groups in total. The molecule has 0 amide bonds. The van der Waals surface area contributed by atoms with Gasteiger partial charge in [-0.05, 0) is 23.5 Å². The van der Waals surface area contributed by atoms with Crippen LogP contribution in [0.25, 0.3) is 22.4 Å². The fourth-order valence-electron chi connectivity index (χ4n) is 10.4. The molecule has 3 aliphatic rings. The van der Waals surface area contributed by atoms with Gasteiger partial charge in [-0.25, -0.2) is 0 Å². The van der Waals surface area contributed by atoms with E-state index in [0.717, 1.165) is 32.3 Å². The Morgan fingerprint density at radius 1 is 0.621 bits per heavy atom. The molecule has 2 saturated carbocycles. The molecule has 304 valence electrons. The standard InChI is InChI=1S/C52H60N4O.Pt/c1-49(2,3)35-24-27-53-48(31-35)56-47-33-41(22-23-43(47)42-18-15-19-44(42)52(56)25-12-13-26-52)57-40-17-14-16-38(32-40)54-34-55(46-21-11-10-20-45(46)54)39-29-36(50(4,5)6)28-37(30-39)51(7,8)9;/h10-11,14,16-17,20-24,27-33,42,44H,12-13,15,18-19,25-26H2,1-9H3;. The second-order valence-corrected chi connectivity index (χ2v) is 21.4. The Morgan fingerprint density at radius 2 is 1.26 bits per heavy atom. The number of aromatic nitrogens is 3. The SMILES string of the molecule is CC(C)(C)c1cc(-n2[c](=[Pt])n(-c3cccc(Oc4ccc5c(c4)N(c4cc(C(C)(C)C)ccn4)C4(CCCC4)C4CCCC54)c3)c3ccccc32)cc(C(C)(C)C)c1. The molecule has 3 heterocycles. The summed E-state index contributed by atoms with van der Waals surface area (Å²) in [4.78, 5) is 7.83. The summed E-state index contributed by atoms with van der Waals surface area (Å²) in [6.45, 7) is 20.8. The van der Waals surface area contributed by atoms with Crippen LogP contribution in [0.1, 0.15) is 135 Å². The molecule has 5 nitrogen and oxygen atoms in total. The first-order chi connectivity index (χ1) is 27.5. The predicted molar refractivity (Wildman–Crippen MR) is 236 cm³/mol. The quantitative estimate of drug-likeness (QED) is 0.173. The van der Waals surface area contributed by atoms with Crippen molar-refractivity contribution in [1.82, 2.24) is 14.1 Å². The van der Waals surface area contributed by atoms with E-state index in [0.29, 0.717) is 11.8 Å². The molecule has 2 unspecified atom stereocenters. The number of hydrogen-bond donors (Lipinski definition) is 0. The van der Waals surface area contributed by atoms with E-state index < -0.39 is 0 Å². The zero-order chi connectivity index (χ0) is 40.8. The molecule has 2 aliphatic carbocycles. The summed E-state index contributed by atoms with van der Waals surface area (Å²) in [6, 6.07) is 36.0. The Bertz CT molecular complexity index is 2550. The number of para-hydroxylation sites is 2. The molecule has 4 aromatic carbocycles. The average molecular weight is 952 g/mol. The van der Waals surface area contributed by atoms with Crippen molar-refractivity contribution < 1.29 is 24.1 Å². The van der Waals surface area contributed by atoms with Crippen molar-refractivity contribution in [2.75, 3.05) is 4.90 Å². The Kier molecular flexibility index (Phi) is 9.62. The molecule has 2 aromatic heterocycles. The molecular weight excluding hydrogens is 892 g/mol. The monoisotopic (exact) mass is 951 g/mol. The van der Waals surface area contributed by atoms with E-state index in [4.69, 9.17) is 9.72 Å². The number of nitrogens with zero attached hydrogens (tertiary/aromatic N) is 4. The fraction of sp³-hybridized carbons (Fsp3) is 0.423. The van der Waals surface area contributed by atoms with Gasteiger partial charge in [-0.1, -0.05) is 40.0 Å². The first-order valence-corrected chi connectivity index (χ1v) is 22.7. The molecule has 9 rings (SSSR count). The number of hydrogen-bond acceptors (Lipinski definition) is 3. The molecule has 6 heteroatoms. The summed E-state index contributed by atoms with van der Waals surface area (Å²) < 4.78 is 12.8. The van der Waals surface area contributed by atoms with E-state index in [1.807, 2.05) is 6.20 Å². The van der Waals surface area contributed by atoms with Crippen molar-refractivity contribution in [1.29, 1.82) is 0 Å². The van der Waals surface area contributed by atoms with E-state index in [2.05, 4.69) is 193 Å². The molecule has 2 atom stereocenters. The van der Waals surface area contributed by atoms with Crippen molar-refractivity contribution in [2.24, 2.45) is 5.92 Å². The van der Waals surface area contributed by atoms with Gasteiger partial charge in [0.1, 0.15) is 0 Å². The summed E-state index contributed by atoms with van der Waals surface area (Å²) in [5, 5.41) is 0. The third kappa shape index (κ3) is 6.74. The van der Waals surface area contributed by atoms with Crippen LogP contribution in [-0.4, -0.2) is 19.7 Å². The van der Waals surface area contributed by atoms with Gasteiger partial charge in [-0.3, -0.25) is 0 Å². The van der Waals surface area contributed by atoms with Gasteiger partial charge >= 0.3 is 289 Å². The van der Waals surface area contributed by atoms with Crippen LogP contribution in [0.3, 0.4) is 0 Å². The van der Waals surface area contributed by atoms with Gasteiger partial charge in [-0.2, -0.15) is 0 Å². The molecule has 6 aromatic rings. The Morgan fingerprint density at radius 3 is 1.91 bits per heavy atom. The van der Waals surface area contributed by atoms with Crippen molar-refractivity contribution in [3.8, 4) is 22.9 Å². The summed E-state index contributed by atoms with van der Waals surface area (Å²) >= 11 is 2.52. The fourth-order valence-corrected chi connectivity index (χ4v) is 11.6. The van der Waals surface area contributed by atoms with E-state index >= 15 is 0 Å². The molecule has 2 fully saturated rings. The maximum atomic E-state index is 6.91. The van der Waals surface area contributed by atoms with E-state index in [1.54, 1.807) is 0 Å². The topological polar surface area (TPSA) is 35.2 Å². The summed E-state index contributed by atoms with van der Waals surface area (Å²) in [7, 11) is 0. The van der Waals surface area contributed by atoms with Crippen molar-refractivity contribution in [3.63, 3.8) is 0 Å². The summed E-state index contributed by atoms with van der Waals surface area (Å²) in [5.74, 6) is 4.03. The molecule has 58 heavy (non-hydrogen) atoms. The number of pyridine rings is 1. The van der Waals surface area contributed by atoms with Crippen molar-refractivity contribution in [3.05, 3.63) is 129 Å². The van der Waals surface area contributed by atoms with Gasteiger partial charge < -0.3 is 0 Å². The Labute approximate surface area is 356 Å². The zero-order valence-electron chi connectivity index (χ0n) is 35.9. The minimum absolute atomic E-state index is 0.0173. The van der Waals surface area contributed by atoms with Crippen LogP contribution in [0.4, 0.5) is 11.5 Å². The third-order valence-corrected chi connectivity index (χ3v) is 14.5. The summed E-state index contributed by atoms with van der Waals surface area (Å²) in [5.41, 5.74) is 11.5. The molecule has 1 spiro atoms. The average Bonchev–Trinajstić information content (AvgIpc) is 3.93. The zero-order valence-corrected chi connectivity index (χ0v) is 38.2. The van der Waals surface area contributed by atoms with Crippen LogP contribution in [0.2, 0.25) is 0 Å². The number of anilines is 2. The van der Waals surface area contributed by atoms with E-state index in [-0.39, 0.29) is 21.8 Å². The van der Waals surface area contributed by atoms with Gasteiger partial charge in [0.25, 0.3) is 0 Å². The van der Waals surface area contributed by atoms with Gasteiger partial charge in [0, 0.05) is 6.20 Å². The van der Waals surface area contributed by atoms with Crippen molar-refractivity contribution in [2.45, 2.75) is 135 Å². The summed E-state index contributed by atoms with van der Waals surface area (Å²) in [6.07, 6.45) is 10.9. The van der Waals surface area contributed by atoms with Crippen LogP contribution in [-0.2, 0) is 35.6 Å². The van der Waals surface area contributed by atoms with E-state index in [1.165, 1.54) is 84.1 Å². The maximum absolute atomic E-state index is 6.91.